The van der Waals surface area contributed by atoms with Crippen LogP contribution in [-0.2, 0) is 9.59 Å². The third-order valence-electron chi connectivity index (χ3n) is 4.08. The monoisotopic (exact) mass is 486 g/mol. The minimum absolute atomic E-state index is 0.00983. The number of hydrogen-bond acceptors (Lipinski definition) is 6. The highest BCUT2D eigenvalue weighted by atomic mass is 35.5. The zero-order valence-corrected chi connectivity index (χ0v) is 17.8. The summed E-state index contributed by atoms with van der Waals surface area (Å²) in [6, 6.07) is 7.53. The Bertz CT molecular complexity index is 1110. The predicted molar refractivity (Wildman–Crippen MR) is 112 cm³/mol. The van der Waals surface area contributed by atoms with Crippen molar-refractivity contribution in [2.45, 2.75) is 6.61 Å². The van der Waals surface area contributed by atoms with Crippen molar-refractivity contribution in [3.8, 4) is 11.5 Å². The van der Waals surface area contributed by atoms with Gasteiger partial charge in [-0.25, -0.2) is 4.39 Å². The van der Waals surface area contributed by atoms with E-state index in [2.05, 4.69) is 10.1 Å². The molecule has 168 valence electrons. The topological polar surface area (TPSA) is 84.9 Å². The van der Waals surface area contributed by atoms with Crippen molar-refractivity contribution >= 4 is 52.2 Å². The fourth-order valence-corrected chi connectivity index (χ4v) is 3.69. The van der Waals surface area contributed by atoms with Gasteiger partial charge in [0.2, 0.25) is 5.91 Å². The standard InChI is InChI=1S/C20H14ClF3N2O5S/c1-30-15-6-10(2-5-14(15)31-19(23)24)7-16-18(28)26(20(29)32-16)9-17(27)25-11-3-4-13(22)12(21)8-11/h2-8,19H,9H2,1H3,(H,25,27)/b16-7-. The first-order valence-electron chi connectivity index (χ1n) is 8.81. The van der Waals surface area contributed by atoms with E-state index in [4.69, 9.17) is 16.3 Å². The van der Waals surface area contributed by atoms with Crippen LogP contribution < -0.4 is 14.8 Å². The van der Waals surface area contributed by atoms with Crippen LogP contribution in [0.4, 0.5) is 23.7 Å². The fourth-order valence-electron chi connectivity index (χ4n) is 2.67. The SMILES string of the molecule is COc1cc(/C=C2\SC(=O)N(CC(=O)Nc3ccc(F)c(Cl)c3)C2=O)ccc1OC(F)F. The van der Waals surface area contributed by atoms with Crippen LogP contribution in [0.25, 0.3) is 6.08 Å². The molecule has 0 spiro atoms. The molecule has 2 aromatic carbocycles. The van der Waals surface area contributed by atoms with E-state index in [1.165, 1.54) is 43.5 Å². The summed E-state index contributed by atoms with van der Waals surface area (Å²) < 4.78 is 47.4. The highest BCUT2D eigenvalue weighted by molar-refractivity contribution is 8.18. The Balaban J connectivity index is 1.71. The molecule has 1 aliphatic heterocycles. The minimum Gasteiger partial charge on any atom is -0.493 e. The van der Waals surface area contributed by atoms with Crippen LogP contribution in [0.1, 0.15) is 5.56 Å². The van der Waals surface area contributed by atoms with Gasteiger partial charge in [-0.3, -0.25) is 19.3 Å². The maximum absolute atomic E-state index is 13.2. The van der Waals surface area contributed by atoms with E-state index < -0.39 is 36.0 Å². The van der Waals surface area contributed by atoms with Crippen LogP contribution in [0.15, 0.2) is 41.3 Å². The van der Waals surface area contributed by atoms with Gasteiger partial charge in [-0.1, -0.05) is 17.7 Å². The van der Waals surface area contributed by atoms with Crippen LogP contribution >= 0.6 is 23.4 Å². The molecule has 12 heteroatoms. The second kappa shape index (κ2) is 9.96. The Morgan fingerprint density at radius 3 is 2.62 bits per heavy atom. The third kappa shape index (κ3) is 5.54. The number of carbonyl (C=O) groups excluding carboxylic acids is 3. The number of nitrogens with zero attached hydrogens (tertiary/aromatic N) is 1. The predicted octanol–water partition coefficient (Wildman–Crippen LogP) is 4.76. The van der Waals surface area contributed by atoms with E-state index in [9.17, 15) is 27.6 Å². The van der Waals surface area contributed by atoms with E-state index in [1.54, 1.807) is 0 Å². The van der Waals surface area contributed by atoms with Gasteiger partial charge in [0.05, 0.1) is 17.0 Å². The number of nitrogens with one attached hydrogen (secondary N) is 1. The average Bonchev–Trinajstić information content (AvgIpc) is 2.98. The lowest BCUT2D eigenvalue weighted by Crippen LogP contribution is -2.36. The zero-order chi connectivity index (χ0) is 23.4. The summed E-state index contributed by atoms with van der Waals surface area (Å²) in [4.78, 5) is 37.8. The van der Waals surface area contributed by atoms with Gasteiger partial charge in [-0.05, 0) is 53.7 Å². The van der Waals surface area contributed by atoms with Crippen molar-refractivity contribution in [2.75, 3.05) is 19.0 Å². The molecule has 0 aromatic heterocycles. The number of amides is 3. The average molecular weight is 487 g/mol. The van der Waals surface area contributed by atoms with Crippen molar-refractivity contribution in [1.82, 2.24) is 4.90 Å². The van der Waals surface area contributed by atoms with Gasteiger partial charge in [-0.2, -0.15) is 8.78 Å². The number of alkyl halides is 2. The van der Waals surface area contributed by atoms with Crippen molar-refractivity contribution in [3.63, 3.8) is 0 Å². The molecule has 1 N–H and O–H groups in total. The number of carbonyl (C=O) groups is 3. The molecule has 0 atom stereocenters. The number of rotatable bonds is 7. The zero-order valence-electron chi connectivity index (χ0n) is 16.2. The Kier molecular flexibility index (Phi) is 7.31. The Morgan fingerprint density at radius 2 is 1.97 bits per heavy atom. The van der Waals surface area contributed by atoms with Gasteiger partial charge in [0, 0.05) is 5.69 Å². The molecule has 0 unspecified atom stereocenters. The maximum Gasteiger partial charge on any atom is 0.387 e. The molecular formula is C20H14ClF3N2O5S. The molecule has 7 nitrogen and oxygen atoms in total. The van der Waals surface area contributed by atoms with Gasteiger partial charge in [-0.15, -0.1) is 0 Å². The summed E-state index contributed by atoms with van der Waals surface area (Å²) in [5, 5.41) is 1.56. The highest BCUT2D eigenvalue weighted by Crippen LogP contribution is 2.35. The van der Waals surface area contributed by atoms with Crippen LogP contribution in [0.2, 0.25) is 5.02 Å². The van der Waals surface area contributed by atoms with E-state index in [0.29, 0.717) is 17.3 Å². The molecule has 0 radical (unpaired) electrons. The lowest BCUT2D eigenvalue weighted by Gasteiger charge is -2.12. The van der Waals surface area contributed by atoms with Gasteiger partial charge in [0.25, 0.3) is 11.1 Å². The number of anilines is 1. The number of benzene rings is 2. The van der Waals surface area contributed by atoms with E-state index in [0.717, 1.165) is 11.0 Å². The second-order valence-electron chi connectivity index (χ2n) is 6.23. The first kappa shape index (κ1) is 23.5. The molecular weight excluding hydrogens is 473 g/mol. The molecule has 1 aliphatic rings. The smallest absolute Gasteiger partial charge is 0.387 e. The highest BCUT2D eigenvalue weighted by Gasteiger charge is 2.36. The molecule has 2 aromatic rings. The largest absolute Gasteiger partial charge is 0.493 e. The third-order valence-corrected chi connectivity index (χ3v) is 5.28. The van der Waals surface area contributed by atoms with Crippen LogP contribution in [0.3, 0.4) is 0 Å². The molecule has 32 heavy (non-hydrogen) atoms. The quantitative estimate of drug-likeness (QED) is 0.568. The summed E-state index contributed by atoms with van der Waals surface area (Å²) in [5.41, 5.74) is 0.585. The molecule has 1 heterocycles. The van der Waals surface area contributed by atoms with Crippen LogP contribution in [0, 0.1) is 5.82 Å². The summed E-state index contributed by atoms with van der Waals surface area (Å²) in [5.74, 6) is -2.24. The number of imide groups is 1. The lowest BCUT2D eigenvalue weighted by molar-refractivity contribution is -0.127. The molecule has 3 amide bonds. The first-order valence-corrected chi connectivity index (χ1v) is 10.0. The van der Waals surface area contributed by atoms with Crippen LogP contribution in [0.5, 0.6) is 11.5 Å². The number of ether oxygens (including phenoxy) is 2. The summed E-state index contributed by atoms with van der Waals surface area (Å²) in [6.07, 6.45) is 1.36. The van der Waals surface area contributed by atoms with Gasteiger partial charge in [0.15, 0.2) is 11.5 Å². The van der Waals surface area contributed by atoms with Crippen LogP contribution in [-0.4, -0.2) is 42.2 Å². The Morgan fingerprint density at radius 1 is 1.22 bits per heavy atom. The Hall–Kier alpha value is -3.18. The number of halogens is 4. The lowest BCUT2D eigenvalue weighted by atomic mass is 10.2. The molecule has 0 saturated carbocycles. The number of thioether (sulfide) groups is 1. The maximum atomic E-state index is 13.2. The molecule has 3 rings (SSSR count). The molecule has 1 saturated heterocycles. The number of methoxy groups -OCH3 is 1. The molecule has 1 fully saturated rings. The van der Waals surface area contributed by atoms with Gasteiger partial charge in [0.1, 0.15) is 12.4 Å². The fraction of sp³-hybridized carbons (Fsp3) is 0.150. The van der Waals surface area contributed by atoms with Crippen molar-refractivity contribution in [2.24, 2.45) is 0 Å². The van der Waals surface area contributed by atoms with Gasteiger partial charge < -0.3 is 14.8 Å². The van der Waals surface area contributed by atoms with E-state index in [-0.39, 0.29) is 27.1 Å². The van der Waals surface area contributed by atoms with E-state index in [1.807, 2.05) is 0 Å². The van der Waals surface area contributed by atoms with Crippen molar-refractivity contribution in [1.29, 1.82) is 0 Å². The summed E-state index contributed by atoms with van der Waals surface area (Å²) in [6.45, 7) is -3.61. The number of hydrogen-bond donors (Lipinski definition) is 1. The Labute approximate surface area is 189 Å². The van der Waals surface area contributed by atoms with Crippen molar-refractivity contribution in [3.05, 3.63) is 57.7 Å². The normalized spacial score (nSPS) is 14.9. The summed E-state index contributed by atoms with van der Waals surface area (Å²) >= 11 is 6.27. The molecule has 0 bridgehead atoms. The van der Waals surface area contributed by atoms with Gasteiger partial charge >= 0.3 is 6.61 Å². The minimum atomic E-state index is -3.04. The van der Waals surface area contributed by atoms with Crippen molar-refractivity contribution < 1.29 is 37.0 Å². The van der Waals surface area contributed by atoms with E-state index >= 15 is 0 Å². The second-order valence-corrected chi connectivity index (χ2v) is 7.63. The molecule has 0 aliphatic carbocycles. The first-order chi connectivity index (χ1) is 15.2. The summed E-state index contributed by atoms with van der Waals surface area (Å²) in [7, 11) is 1.26.